The quantitative estimate of drug-likeness (QED) is 0.583. The van der Waals surface area contributed by atoms with Gasteiger partial charge in [-0.1, -0.05) is 18.2 Å². The number of rotatable bonds is 4. The third kappa shape index (κ3) is 2.26. The molecule has 0 aliphatic carbocycles. The molecule has 0 radical (unpaired) electrons. The molecule has 7 nitrogen and oxygen atoms in total. The van der Waals surface area contributed by atoms with E-state index in [1.54, 1.807) is 12.1 Å². The number of aryl methyl sites for hydroxylation is 1. The normalized spacial score (nSPS) is 11.2. The Bertz CT molecular complexity index is 1080. The van der Waals surface area contributed by atoms with Crippen molar-refractivity contribution in [3.8, 4) is 11.7 Å². The Balaban J connectivity index is 1.69. The van der Waals surface area contributed by atoms with Crippen LogP contribution in [0.25, 0.3) is 22.6 Å². The second-order valence-electron chi connectivity index (χ2n) is 5.40. The first kappa shape index (κ1) is 14.3. The molecule has 0 unspecified atom stereocenters. The molecule has 0 amide bonds. The Morgan fingerprint density at radius 2 is 2.08 bits per heavy atom. The molecule has 1 aromatic carbocycles. The molecule has 3 aromatic heterocycles. The Morgan fingerprint density at radius 1 is 1.25 bits per heavy atom. The van der Waals surface area contributed by atoms with Crippen LogP contribution in [0.1, 0.15) is 16.1 Å². The van der Waals surface area contributed by atoms with Crippen LogP contribution in [0.3, 0.4) is 0 Å². The molecule has 0 spiro atoms. The highest BCUT2D eigenvalue weighted by molar-refractivity contribution is 6.09. The topological polar surface area (TPSA) is 94.0 Å². The predicted molar refractivity (Wildman–Crippen MR) is 85.8 cm³/mol. The Hall–Kier alpha value is -3.35. The van der Waals surface area contributed by atoms with Gasteiger partial charge < -0.3 is 13.8 Å². The maximum Gasteiger partial charge on any atom is 0.437 e. The average Bonchev–Trinajstić information content (AvgIpc) is 3.26. The van der Waals surface area contributed by atoms with Gasteiger partial charge in [0.2, 0.25) is 0 Å². The minimum Gasteiger partial charge on any atom is -0.459 e. The fourth-order valence-corrected chi connectivity index (χ4v) is 2.76. The van der Waals surface area contributed by atoms with Crippen molar-refractivity contribution in [1.29, 1.82) is 0 Å². The molecule has 0 fully saturated rings. The van der Waals surface area contributed by atoms with Crippen LogP contribution >= 0.6 is 0 Å². The van der Waals surface area contributed by atoms with Gasteiger partial charge in [-0.15, -0.1) is 5.10 Å². The lowest BCUT2D eigenvalue weighted by Crippen LogP contribution is -2.21. The van der Waals surface area contributed by atoms with Gasteiger partial charge in [0.1, 0.15) is 6.54 Å². The molecule has 1 N–H and O–H groups in total. The summed E-state index contributed by atoms with van der Waals surface area (Å²) in [5, 5.41) is 4.85. The van der Waals surface area contributed by atoms with E-state index in [0.717, 1.165) is 21.3 Å². The van der Waals surface area contributed by atoms with Crippen molar-refractivity contribution in [3.05, 3.63) is 64.5 Å². The van der Waals surface area contributed by atoms with Gasteiger partial charge in [0, 0.05) is 22.2 Å². The van der Waals surface area contributed by atoms with Gasteiger partial charge in [-0.2, -0.15) is 4.68 Å². The Kier molecular flexibility index (Phi) is 3.19. The van der Waals surface area contributed by atoms with Crippen molar-refractivity contribution < 1.29 is 13.6 Å². The average molecular weight is 323 g/mol. The van der Waals surface area contributed by atoms with Crippen LogP contribution in [0.15, 0.2) is 56.3 Å². The van der Waals surface area contributed by atoms with Gasteiger partial charge in [-0.3, -0.25) is 4.79 Å². The van der Waals surface area contributed by atoms with E-state index in [0.29, 0.717) is 11.3 Å². The Morgan fingerprint density at radius 3 is 2.88 bits per heavy atom. The van der Waals surface area contributed by atoms with Crippen molar-refractivity contribution in [2.45, 2.75) is 13.5 Å². The van der Waals surface area contributed by atoms with Gasteiger partial charge in [0.15, 0.2) is 11.5 Å². The minimum atomic E-state index is -0.702. The van der Waals surface area contributed by atoms with Crippen LogP contribution in [0.5, 0.6) is 0 Å². The van der Waals surface area contributed by atoms with Crippen LogP contribution in [0.2, 0.25) is 0 Å². The number of fused-ring (bicyclic) bond motifs is 1. The van der Waals surface area contributed by atoms with Gasteiger partial charge in [0.25, 0.3) is 5.89 Å². The van der Waals surface area contributed by atoms with E-state index in [1.165, 1.54) is 6.26 Å². The fraction of sp³-hybridized carbons (Fsp3) is 0.118. The van der Waals surface area contributed by atoms with Crippen LogP contribution in [0, 0.1) is 6.92 Å². The molecule has 0 bridgehead atoms. The molecule has 4 aromatic rings. The molecule has 4 rings (SSSR count). The molecule has 7 heteroatoms. The van der Waals surface area contributed by atoms with Gasteiger partial charge >= 0.3 is 5.76 Å². The van der Waals surface area contributed by atoms with E-state index in [9.17, 15) is 9.59 Å². The SMILES string of the molecule is Cc1[nH]c2ccccc2c1C(=O)Cn1nc(-c2ccco2)oc1=O. The van der Waals surface area contributed by atoms with Crippen molar-refractivity contribution >= 4 is 16.7 Å². The number of hydrogen-bond acceptors (Lipinski definition) is 5. The van der Waals surface area contributed by atoms with E-state index in [4.69, 9.17) is 8.83 Å². The molecule has 0 saturated heterocycles. The number of carbonyl (C=O) groups is 1. The highest BCUT2D eigenvalue weighted by atomic mass is 16.4. The van der Waals surface area contributed by atoms with E-state index in [-0.39, 0.29) is 18.2 Å². The molecule has 0 aliphatic rings. The number of nitrogens with one attached hydrogen (secondary N) is 1. The number of ketones is 1. The zero-order valence-electron chi connectivity index (χ0n) is 12.8. The van der Waals surface area contributed by atoms with E-state index in [2.05, 4.69) is 10.1 Å². The minimum absolute atomic E-state index is 0.0495. The van der Waals surface area contributed by atoms with E-state index in [1.807, 2.05) is 31.2 Å². The second-order valence-corrected chi connectivity index (χ2v) is 5.40. The summed E-state index contributed by atoms with van der Waals surface area (Å²) in [5.41, 5.74) is 2.19. The smallest absolute Gasteiger partial charge is 0.437 e. The van der Waals surface area contributed by atoms with Crippen LogP contribution < -0.4 is 5.76 Å². The molecule has 3 heterocycles. The summed E-state index contributed by atoms with van der Waals surface area (Å²) in [5.74, 6) is -0.534. The lowest BCUT2D eigenvalue weighted by atomic mass is 10.1. The number of H-pyrrole nitrogens is 1. The van der Waals surface area contributed by atoms with Gasteiger partial charge in [-0.25, -0.2) is 4.79 Å². The summed E-state index contributed by atoms with van der Waals surface area (Å²) in [6, 6.07) is 10.8. The van der Waals surface area contributed by atoms with Gasteiger partial charge in [0.05, 0.1) is 6.26 Å². The summed E-state index contributed by atoms with van der Waals surface area (Å²) in [6.07, 6.45) is 1.45. The number of aromatic amines is 1. The van der Waals surface area contributed by atoms with Crippen molar-refractivity contribution in [2.24, 2.45) is 0 Å². The van der Waals surface area contributed by atoms with Gasteiger partial charge in [-0.05, 0) is 25.1 Å². The maximum atomic E-state index is 12.7. The number of furan rings is 1. The zero-order chi connectivity index (χ0) is 16.7. The number of para-hydroxylation sites is 1. The summed E-state index contributed by atoms with van der Waals surface area (Å²) < 4.78 is 11.2. The summed E-state index contributed by atoms with van der Waals surface area (Å²) >= 11 is 0. The number of nitrogens with zero attached hydrogens (tertiary/aromatic N) is 2. The number of aromatic nitrogens is 3. The fourth-order valence-electron chi connectivity index (χ4n) is 2.76. The molecular weight excluding hydrogens is 310 g/mol. The first-order valence-electron chi connectivity index (χ1n) is 7.36. The zero-order valence-corrected chi connectivity index (χ0v) is 12.8. The molecule has 0 saturated carbocycles. The third-order valence-corrected chi connectivity index (χ3v) is 3.80. The van der Waals surface area contributed by atoms with E-state index < -0.39 is 5.76 Å². The largest absolute Gasteiger partial charge is 0.459 e. The summed E-state index contributed by atoms with van der Waals surface area (Å²) in [6.45, 7) is 1.62. The predicted octanol–water partition coefficient (Wildman–Crippen LogP) is 2.77. The highest BCUT2D eigenvalue weighted by Crippen LogP contribution is 2.22. The molecular formula is C17H13N3O4. The standard InChI is InChI=1S/C17H13N3O4/c1-10-15(11-5-2-3-6-12(11)18-10)13(21)9-20-17(22)24-16(19-20)14-7-4-8-23-14/h2-8,18H,9H2,1H3. The van der Waals surface area contributed by atoms with Crippen molar-refractivity contribution in [2.75, 3.05) is 0 Å². The monoisotopic (exact) mass is 323 g/mol. The third-order valence-electron chi connectivity index (χ3n) is 3.80. The summed E-state index contributed by atoms with van der Waals surface area (Å²) in [4.78, 5) is 27.8. The van der Waals surface area contributed by atoms with E-state index >= 15 is 0 Å². The summed E-state index contributed by atoms with van der Waals surface area (Å²) in [7, 11) is 0. The molecule has 120 valence electrons. The Labute approximate surface area is 135 Å². The van der Waals surface area contributed by atoms with Crippen LogP contribution in [-0.2, 0) is 6.54 Å². The van der Waals surface area contributed by atoms with Crippen LogP contribution in [-0.4, -0.2) is 20.5 Å². The maximum absolute atomic E-state index is 12.7. The molecule has 0 atom stereocenters. The first-order chi connectivity index (χ1) is 11.6. The van der Waals surface area contributed by atoms with Crippen molar-refractivity contribution in [3.63, 3.8) is 0 Å². The highest BCUT2D eigenvalue weighted by Gasteiger charge is 2.19. The number of hydrogen-bond donors (Lipinski definition) is 1. The van der Waals surface area contributed by atoms with Crippen molar-refractivity contribution in [1.82, 2.24) is 14.8 Å². The van der Waals surface area contributed by atoms with Crippen LogP contribution in [0.4, 0.5) is 0 Å². The first-order valence-corrected chi connectivity index (χ1v) is 7.36. The lowest BCUT2D eigenvalue weighted by molar-refractivity contribution is 0.0966. The number of benzene rings is 1. The number of Topliss-reactive ketones (excluding diaryl/α,β-unsaturated/α-hetero) is 1. The molecule has 24 heavy (non-hydrogen) atoms. The molecule has 0 aliphatic heterocycles. The second kappa shape index (κ2) is 5.38. The number of carbonyl (C=O) groups excluding carboxylic acids is 1. The lowest BCUT2D eigenvalue weighted by Gasteiger charge is -2.00.